The van der Waals surface area contributed by atoms with Crippen LogP contribution in [0.1, 0.15) is 52.0 Å². The molecule has 0 radical (unpaired) electrons. The maximum Gasteiger partial charge on any atom is 0.325 e. The molecule has 180 valence electrons. The van der Waals surface area contributed by atoms with E-state index in [1.54, 1.807) is 0 Å². The van der Waals surface area contributed by atoms with Gasteiger partial charge in [0.2, 0.25) is 5.91 Å². The number of rotatable bonds is 5. The number of nitrogens with one attached hydrogen (secondary N) is 2. The highest BCUT2D eigenvalue weighted by atomic mass is 32.2. The zero-order chi connectivity index (χ0) is 23.6. The number of hydrogen-bond acceptors (Lipinski definition) is 5. The Morgan fingerprint density at radius 2 is 1.88 bits per heavy atom. The van der Waals surface area contributed by atoms with Crippen molar-refractivity contribution in [2.75, 3.05) is 36.5 Å². The van der Waals surface area contributed by atoms with Gasteiger partial charge in [-0.05, 0) is 54.7 Å². The second kappa shape index (κ2) is 9.66. The maximum absolute atomic E-state index is 13.2. The van der Waals surface area contributed by atoms with Crippen molar-refractivity contribution in [3.8, 4) is 0 Å². The minimum absolute atomic E-state index is 0.189. The predicted octanol–water partition coefficient (Wildman–Crippen LogP) is 3.70. The van der Waals surface area contributed by atoms with Crippen LogP contribution in [0.4, 0.5) is 10.5 Å². The van der Waals surface area contributed by atoms with Crippen molar-refractivity contribution in [2.24, 2.45) is 11.3 Å². The lowest BCUT2D eigenvalue weighted by Crippen LogP contribution is -2.50. The van der Waals surface area contributed by atoms with Crippen LogP contribution < -0.4 is 10.6 Å². The number of urea groups is 1. The zero-order valence-electron chi connectivity index (χ0n) is 20.0. The van der Waals surface area contributed by atoms with E-state index in [-0.39, 0.29) is 23.8 Å². The van der Waals surface area contributed by atoms with Crippen LogP contribution in [0.5, 0.6) is 0 Å². The van der Waals surface area contributed by atoms with Gasteiger partial charge in [-0.25, -0.2) is 4.79 Å². The van der Waals surface area contributed by atoms with Crippen LogP contribution in [-0.4, -0.2) is 64.3 Å². The smallest absolute Gasteiger partial charge is 0.325 e. The molecule has 1 saturated carbocycles. The first-order chi connectivity index (χ1) is 15.7. The molecule has 0 bridgehead atoms. The molecule has 1 aromatic rings. The third kappa shape index (κ3) is 5.54. The molecule has 4 rings (SSSR count). The molecular weight excluding hydrogens is 436 g/mol. The van der Waals surface area contributed by atoms with E-state index in [0.717, 1.165) is 54.4 Å². The largest absolute Gasteiger partial charge is 0.325 e. The maximum atomic E-state index is 13.2. The molecule has 8 heteroatoms. The number of thioether (sulfide) groups is 1. The Hall–Kier alpha value is -2.06. The SMILES string of the molecule is CC(C)(C)C1CCC2(CC1)NC(=O)N(CC(=O)Nc1cccc(CN3CCSCC3)c1)C2=O. The third-order valence-electron chi connectivity index (χ3n) is 7.33. The zero-order valence-corrected chi connectivity index (χ0v) is 20.8. The lowest BCUT2D eigenvalue weighted by Gasteiger charge is -2.40. The van der Waals surface area contributed by atoms with Crippen LogP contribution in [0.2, 0.25) is 0 Å². The summed E-state index contributed by atoms with van der Waals surface area (Å²) in [6.45, 7) is 9.42. The van der Waals surface area contributed by atoms with Crippen LogP contribution in [0.3, 0.4) is 0 Å². The second-order valence-corrected chi connectivity index (χ2v) is 11.9. The van der Waals surface area contributed by atoms with Crippen LogP contribution in [0.25, 0.3) is 0 Å². The van der Waals surface area contributed by atoms with Gasteiger partial charge in [0.1, 0.15) is 12.1 Å². The first kappa shape index (κ1) is 24.1. The van der Waals surface area contributed by atoms with Crippen molar-refractivity contribution in [1.29, 1.82) is 0 Å². The fourth-order valence-electron chi connectivity index (χ4n) is 5.24. The summed E-state index contributed by atoms with van der Waals surface area (Å²) in [6, 6.07) is 7.35. The Bertz CT molecular complexity index is 899. The first-order valence-corrected chi connectivity index (χ1v) is 13.1. The summed E-state index contributed by atoms with van der Waals surface area (Å²) in [7, 11) is 0. The lowest BCUT2D eigenvalue weighted by atomic mass is 9.67. The molecule has 3 fully saturated rings. The van der Waals surface area contributed by atoms with Gasteiger partial charge in [-0.1, -0.05) is 32.9 Å². The van der Waals surface area contributed by atoms with E-state index in [0.29, 0.717) is 24.4 Å². The van der Waals surface area contributed by atoms with Gasteiger partial charge in [0.05, 0.1) is 0 Å². The topological polar surface area (TPSA) is 81.8 Å². The summed E-state index contributed by atoms with van der Waals surface area (Å²) in [5, 5.41) is 5.79. The highest BCUT2D eigenvalue weighted by Gasteiger charge is 2.53. The molecule has 2 heterocycles. The van der Waals surface area contributed by atoms with E-state index in [9.17, 15) is 14.4 Å². The number of benzene rings is 1. The highest BCUT2D eigenvalue weighted by molar-refractivity contribution is 7.99. The van der Waals surface area contributed by atoms with E-state index in [4.69, 9.17) is 0 Å². The molecule has 33 heavy (non-hydrogen) atoms. The van der Waals surface area contributed by atoms with Gasteiger partial charge in [-0.3, -0.25) is 19.4 Å². The van der Waals surface area contributed by atoms with Crippen LogP contribution in [0.15, 0.2) is 24.3 Å². The molecule has 1 spiro atoms. The van der Waals surface area contributed by atoms with Gasteiger partial charge < -0.3 is 10.6 Å². The van der Waals surface area contributed by atoms with E-state index >= 15 is 0 Å². The van der Waals surface area contributed by atoms with Crippen molar-refractivity contribution >= 4 is 35.3 Å². The molecule has 2 N–H and O–H groups in total. The number of hydrogen-bond donors (Lipinski definition) is 2. The first-order valence-electron chi connectivity index (χ1n) is 12.0. The average Bonchev–Trinajstić information content (AvgIpc) is 2.98. The molecule has 2 saturated heterocycles. The van der Waals surface area contributed by atoms with Crippen LogP contribution >= 0.6 is 11.8 Å². The van der Waals surface area contributed by atoms with Gasteiger partial charge in [-0.2, -0.15) is 11.8 Å². The molecule has 0 unspecified atom stereocenters. The van der Waals surface area contributed by atoms with E-state index < -0.39 is 11.6 Å². The highest BCUT2D eigenvalue weighted by Crippen LogP contribution is 2.43. The van der Waals surface area contributed by atoms with Gasteiger partial charge in [0.25, 0.3) is 5.91 Å². The molecule has 2 aliphatic heterocycles. The van der Waals surface area contributed by atoms with Crippen molar-refractivity contribution in [3.63, 3.8) is 0 Å². The molecule has 0 aromatic heterocycles. The van der Waals surface area contributed by atoms with Gasteiger partial charge in [-0.15, -0.1) is 0 Å². The Labute approximate surface area is 201 Å². The minimum atomic E-state index is -0.842. The number of carbonyl (C=O) groups excluding carboxylic acids is 3. The summed E-state index contributed by atoms with van der Waals surface area (Å²) in [4.78, 5) is 42.0. The number of imide groups is 1. The van der Waals surface area contributed by atoms with Crippen molar-refractivity contribution in [3.05, 3.63) is 29.8 Å². The minimum Gasteiger partial charge on any atom is -0.325 e. The summed E-state index contributed by atoms with van der Waals surface area (Å²) in [6.07, 6.45) is 3.07. The molecule has 1 aromatic carbocycles. The standard InChI is InChI=1S/C25H36N4O3S/c1-24(2,3)19-7-9-25(10-8-19)22(31)29(23(32)27-25)17-21(30)26-20-6-4-5-18(15-20)16-28-11-13-33-14-12-28/h4-6,15,19H,7-14,16-17H2,1-3H3,(H,26,30)(H,27,32). The van der Waals surface area contributed by atoms with Crippen molar-refractivity contribution in [1.82, 2.24) is 15.1 Å². The van der Waals surface area contributed by atoms with E-state index in [2.05, 4.69) is 42.4 Å². The van der Waals surface area contributed by atoms with Crippen molar-refractivity contribution in [2.45, 2.75) is 58.5 Å². The average molecular weight is 473 g/mol. The Morgan fingerprint density at radius 1 is 1.18 bits per heavy atom. The number of amides is 4. The summed E-state index contributed by atoms with van der Waals surface area (Å²) in [5.41, 5.74) is 1.18. The van der Waals surface area contributed by atoms with E-state index in [1.165, 1.54) is 0 Å². The predicted molar refractivity (Wildman–Crippen MR) is 132 cm³/mol. The number of anilines is 1. The molecule has 7 nitrogen and oxygen atoms in total. The summed E-state index contributed by atoms with van der Waals surface area (Å²) >= 11 is 1.98. The van der Waals surface area contributed by atoms with Crippen molar-refractivity contribution < 1.29 is 14.4 Å². The Kier molecular flexibility index (Phi) is 7.05. The summed E-state index contributed by atoms with van der Waals surface area (Å²) in [5.74, 6) is 2.22. The third-order valence-corrected chi connectivity index (χ3v) is 8.27. The van der Waals surface area contributed by atoms with E-state index in [1.807, 2.05) is 30.0 Å². The normalized spacial score (nSPS) is 26.5. The monoisotopic (exact) mass is 472 g/mol. The molecule has 4 amide bonds. The van der Waals surface area contributed by atoms with Gasteiger partial charge >= 0.3 is 6.03 Å². The number of carbonyl (C=O) groups is 3. The van der Waals surface area contributed by atoms with Gasteiger partial charge in [0.15, 0.2) is 0 Å². The lowest BCUT2D eigenvalue weighted by molar-refractivity contribution is -0.135. The van der Waals surface area contributed by atoms with Crippen LogP contribution in [0, 0.1) is 11.3 Å². The quantitative estimate of drug-likeness (QED) is 0.639. The Balaban J connectivity index is 1.34. The molecule has 3 aliphatic rings. The summed E-state index contributed by atoms with van der Waals surface area (Å²) < 4.78 is 0. The molecule has 1 aliphatic carbocycles. The Morgan fingerprint density at radius 3 is 2.55 bits per heavy atom. The molecule has 0 atom stereocenters. The van der Waals surface area contributed by atoms with Gasteiger partial charge in [0, 0.05) is 36.8 Å². The fourth-order valence-corrected chi connectivity index (χ4v) is 6.22. The van der Waals surface area contributed by atoms with Crippen LogP contribution in [-0.2, 0) is 16.1 Å². The number of nitrogens with zero attached hydrogens (tertiary/aromatic N) is 2. The fraction of sp³-hybridized carbons (Fsp3) is 0.640. The second-order valence-electron chi connectivity index (χ2n) is 10.7. The molecular formula is C25H36N4O3S.